The second-order valence-electron chi connectivity index (χ2n) is 8.24. The summed E-state index contributed by atoms with van der Waals surface area (Å²) in [4.78, 5) is 18.9. The van der Waals surface area contributed by atoms with E-state index >= 15 is 0 Å². The number of carbonyl (C=O) groups is 1. The van der Waals surface area contributed by atoms with Gasteiger partial charge in [-0.15, -0.1) is 0 Å². The lowest BCUT2D eigenvalue weighted by Crippen LogP contribution is -2.35. The number of pyridine rings is 1. The van der Waals surface area contributed by atoms with Gasteiger partial charge in [0, 0.05) is 23.3 Å². The summed E-state index contributed by atoms with van der Waals surface area (Å²) in [6.45, 7) is 8.62. The van der Waals surface area contributed by atoms with Crippen LogP contribution in [-0.4, -0.2) is 38.7 Å². The Kier molecular flexibility index (Phi) is 6.79. The highest BCUT2D eigenvalue weighted by molar-refractivity contribution is 7.80. The zero-order chi connectivity index (χ0) is 23.5. The number of rotatable bonds is 7. The van der Waals surface area contributed by atoms with E-state index in [2.05, 4.69) is 66.0 Å². The molecule has 2 aromatic heterocycles. The highest BCUT2D eigenvalue weighted by atomic mass is 32.1. The summed E-state index contributed by atoms with van der Waals surface area (Å²) in [6, 6.07) is 16.3. The Morgan fingerprint density at radius 3 is 2.55 bits per heavy atom. The van der Waals surface area contributed by atoms with Crippen LogP contribution in [0.5, 0.6) is 0 Å². The highest BCUT2D eigenvalue weighted by Crippen LogP contribution is 2.41. The first-order valence-electron chi connectivity index (χ1n) is 11.4. The van der Waals surface area contributed by atoms with Crippen molar-refractivity contribution in [2.75, 3.05) is 13.2 Å². The molecule has 1 aliphatic heterocycles. The van der Waals surface area contributed by atoms with Crippen LogP contribution in [0.2, 0.25) is 0 Å². The van der Waals surface area contributed by atoms with Gasteiger partial charge in [0.1, 0.15) is 6.54 Å². The number of nitrogens with zero attached hydrogens (tertiary/aromatic N) is 3. The molecule has 1 aromatic carbocycles. The number of esters is 1. The van der Waals surface area contributed by atoms with Crippen molar-refractivity contribution in [1.82, 2.24) is 19.8 Å². The Morgan fingerprint density at radius 1 is 1.15 bits per heavy atom. The van der Waals surface area contributed by atoms with Crippen LogP contribution in [0.25, 0.3) is 5.69 Å². The van der Waals surface area contributed by atoms with Gasteiger partial charge in [0.25, 0.3) is 0 Å². The van der Waals surface area contributed by atoms with E-state index in [4.69, 9.17) is 17.0 Å². The van der Waals surface area contributed by atoms with E-state index in [0.29, 0.717) is 11.7 Å². The molecule has 3 heterocycles. The number of hydrogen-bond acceptors (Lipinski definition) is 4. The predicted octanol–water partition coefficient (Wildman–Crippen LogP) is 4.59. The zero-order valence-electron chi connectivity index (χ0n) is 19.5. The van der Waals surface area contributed by atoms with E-state index in [1.54, 1.807) is 6.20 Å². The van der Waals surface area contributed by atoms with Crippen molar-refractivity contribution in [3.63, 3.8) is 0 Å². The molecule has 172 valence electrons. The first-order chi connectivity index (χ1) is 15.9. The first-order valence-corrected chi connectivity index (χ1v) is 11.8. The average Bonchev–Trinajstić information content (AvgIpc) is 3.29. The van der Waals surface area contributed by atoms with Gasteiger partial charge in [-0.1, -0.05) is 25.1 Å². The van der Waals surface area contributed by atoms with Gasteiger partial charge < -0.3 is 19.5 Å². The molecule has 1 saturated heterocycles. The van der Waals surface area contributed by atoms with E-state index in [1.165, 1.54) is 5.56 Å². The second-order valence-corrected chi connectivity index (χ2v) is 8.63. The molecule has 4 rings (SSSR count). The summed E-state index contributed by atoms with van der Waals surface area (Å²) in [5.41, 5.74) is 6.66. The van der Waals surface area contributed by atoms with E-state index in [9.17, 15) is 4.79 Å². The number of aromatic nitrogens is 2. The monoisotopic (exact) mass is 462 g/mol. The molecular formula is C26H30N4O2S. The van der Waals surface area contributed by atoms with Gasteiger partial charge in [0.2, 0.25) is 0 Å². The molecule has 0 aliphatic carbocycles. The number of benzene rings is 1. The summed E-state index contributed by atoms with van der Waals surface area (Å²) in [7, 11) is 0. The lowest BCUT2D eigenvalue weighted by Gasteiger charge is -2.27. The second kappa shape index (κ2) is 9.75. The average molecular weight is 463 g/mol. The van der Waals surface area contributed by atoms with E-state index in [1.807, 2.05) is 30.0 Å². The van der Waals surface area contributed by atoms with Crippen molar-refractivity contribution < 1.29 is 9.53 Å². The fraction of sp³-hybridized carbons (Fsp3) is 0.346. The highest BCUT2D eigenvalue weighted by Gasteiger charge is 2.42. The molecule has 7 heteroatoms. The lowest BCUT2D eigenvalue weighted by atomic mass is 9.97. The van der Waals surface area contributed by atoms with Crippen molar-refractivity contribution >= 4 is 23.3 Å². The number of thiocarbonyl (C=S) groups is 1. The zero-order valence-corrected chi connectivity index (χ0v) is 20.4. The fourth-order valence-corrected chi connectivity index (χ4v) is 4.93. The molecule has 0 amide bonds. The molecule has 0 spiro atoms. The number of hydrogen-bond donors (Lipinski definition) is 1. The quantitative estimate of drug-likeness (QED) is 0.410. The number of carbonyl (C=O) groups excluding carboxylic acids is 1. The van der Waals surface area contributed by atoms with Crippen LogP contribution in [0.15, 0.2) is 54.7 Å². The minimum Gasteiger partial charge on any atom is -0.465 e. The van der Waals surface area contributed by atoms with Gasteiger partial charge in [-0.2, -0.15) is 0 Å². The van der Waals surface area contributed by atoms with Crippen LogP contribution in [0.3, 0.4) is 0 Å². The van der Waals surface area contributed by atoms with Gasteiger partial charge in [-0.25, -0.2) is 0 Å². The molecule has 0 bridgehead atoms. The van der Waals surface area contributed by atoms with Crippen molar-refractivity contribution in [3.8, 4) is 5.69 Å². The standard InChI is InChI=1S/C26H30N4O2S/c1-5-19-10-12-20(13-11-19)30-17(3)15-21(18(30)4)25-24(22-9-7-8-14-27-22)28-26(33)29(25)16-23(31)32-6-2/h7-15,24-25H,5-6,16H2,1-4H3,(H,28,33)/t24-,25-/m1/s1. The summed E-state index contributed by atoms with van der Waals surface area (Å²) in [6.07, 6.45) is 2.79. The van der Waals surface area contributed by atoms with Crippen LogP contribution in [0.1, 0.15) is 54.1 Å². The van der Waals surface area contributed by atoms with Crippen LogP contribution in [-0.2, 0) is 16.0 Å². The Hall–Kier alpha value is -3.19. The van der Waals surface area contributed by atoms with Crippen molar-refractivity contribution in [1.29, 1.82) is 0 Å². The lowest BCUT2D eigenvalue weighted by molar-refractivity contribution is -0.143. The summed E-state index contributed by atoms with van der Waals surface area (Å²) in [5, 5.41) is 3.93. The maximum atomic E-state index is 12.4. The minimum absolute atomic E-state index is 0.0859. The summed E-state index contributed by atoms with van der Waals surface area (Å²) in [5.74, 6) is -0.294. The van der Waals surface area contributed by atoms with Crippen LogP contribution < -0.4 is 5.32 Å². The molecule has 1 aliphatic rings. The van der Waals surface area contributed by atoms with Crippen molar-refractivity contribution in [2.45, 2.75) is 46.2 Å². The minimum atomic E-state index is -0.294. The molecule has 0 saturated carbocycles. The number of nitrogens with one attached hydrogen (secondary N) is 1. The third-order valence-corrected chi connectivity index (χ3v) is 6.55. The maximum absolute atomic E-state index is 12.4. The smallest absolute Gasteiger partial charge is 0.325 e. The molecule has 0 unspecified atom stereocenters. The normalized spacial score (nSPS) is 17.8. The van der Waals surface area contributed by atoms with Gasteiger partial charge in [0.15, 0.2) is 5.11 Å². The molecule has 2 atom stereocenters. The van der Waals surface area contributed by atoms with Crippen LogP contribution in [0, 0.1) is 13.8 Å². The fourth-order valence-electron chi connectivity index (χ4n) is 4.63. The molecule has 6 nitrogen and oxygen atoms in total. The molecular weight excluding hydrogens is 432 g/mol. The van der Waals surface area contributed by atoms with E-state index in [0.717, 1.165) is 34.8 Å². The van der Waals surface area contributed by atoms with E-state index < -0.39 is 0 Å². The van der Waals surface area contributed by atoms with Crippen LogP contribution in [0.4, 0.5) is 0 Å². The summed E-state index contributed by atoms with van der Waals surface area (Å²) < 4.78 is 7.50. The van der Waals surface area contributed by atoms with Gasteiger partial charge >= 0.3 is 5.97 Å². The van der Waals surface area contributed by atoms with Gasteiger partial charge in [-0.05, 0) is 80.9 Å². The number of aryl methyl sites for hydroxylation is 2. The topological polar surface area (TPSA) is 59.4 Å². The Bertz CT molecular complexity index is 1140. The van der Waals surface area contributed by atoms with Crippen molar-refractivity contribution in [2.24, 2.45) is 0 Å². The molecule has 33 heavy (non-hydrogen) atoms. The van der Waals surface area contributed by atoms with Gasteiger partial charge in [-0.3, -0.25) is 9.78 Å². The molecule has 1 N–H and O–H groups in total. The Morgan fingerprint density at radius 2 is 1.91 bits per heavy atom. The molecule has 3 aromatic rings. The third kappa shape index (κ3) is 4.50. The maximum Gasteiger partial charge on any atom is 0.325 e. The third-order valence-electron chi connectivity index (χ3n) is 6.19. The van der Waals surface area contributed by atoms with E-state index in [-0.39, 0.29) is 24.6 Å². The summed E-state index contributed by atoms with van der Waals surface area (Å²) >= 11 is 5.67. The van der Waals surface area contributed by atoms with Gasteiger partial charge in [0.05, 0.1) is 24.4 Å². The SMILES string of the molecule is CCOC(=O)CN1C(=S)N[C@H](c2ccccn2)[C@H]1c1cc(C)n(-c2ccc(CC)cc2)c1C. The molecule has 0 radical (unpaired) electrons. The van der Waals surface area contributed by atoms with Crippen LogP contribution >= 0.6 is 12.2 Å². The molecule has 1 fully saturated rings. The Balaban J connectivity index is 1.79. The Labute approximate surface area is 200 Å². The first kappa shape index (κ1) is 23.0. The largest absolute Gasteiger partial charge is 0.465 e. The predicted molar refractivity (Wildman–Crippen MR) is 133 cm³/mol. The number of ether oxygens (including phenoxy) is 1. The van der Waals surface area contributed by atoms with Crippen molar-refractivity contribution in [3.05, 3.63) is 82.9 Å².